The van der Waals surface area contributed by atoms with Gasteiger partial charge in [-0.15, -0.1) is 0 Å². The molecule has 0 aliphatic rings. The topological polar surface area (TPSA) is 38.0 Å². The van der Waals surface area contributed by atoms with Crippen LogP contribution in [0.2, 0.25) is 0 Å². The van der Waals surface area contributed by atoms with Crippen LogP contribution in [0.3, 0.4) is 0 Å². The summed E-state index contributed by atoms with van der Waals surface area (Å²) in [5.41, 5.74) is 12.5. The second kappa shape index (κ2) is 5.29. The van der Waals surface area contributed by atoms with Crippen LogP contribution in [0, 0.1) is 27.7 Å². The first-order valence-corrected chi connectivity index (χ1v) is 5.55. The first kappa shape index (κ1) is 12.2. The predicted octanol–water partition coefficient (Wildman–Crippen LogP) is 1.97. The molecule has 0 unspecified atom stereocenters. The van der Waals surface area contributed by atoms with Gasteiger partial charge in [-0.05, 0) is 61.9 Å². The Morgan fingerprint density at radius 3 is 2.07 bits per heavy atom. The van der Waals surface area contributed by atoms with E-state index in [1.165, 1.54) is 27.8 Å². The number of nitrogens with two attached hydrogens (primary N) is 1. The zero-order valence-electron chi connectivity index (χ0n) is 10.3. The van der Waals surface area contributed by atoms with Gasteiger partial charge in [0.2, 0.25) is 0 Å². The Hall–Kier alpha value is -0.860. The molecule has 1 aromatic carbocycles. The molecule has 0 aliphatic heterocycles. The number of rotatable bonds is 4. The lowest BCUT2D eigenvalue weighted by atomic mass is 9.92. The van der Waals surface area contributed by atoms with Gasteiger partial charge in [-0.3, -0.25) is 0 Å². The Balaban J connectivity index is 2.94. The highest BCUT2D eigenvalue weighted by molar-refractivity contribution is 5.44. The molecule has 1 aromatic rings. The van der Waals surface area contributed by atoms with Gasteiger partial charge in [-0.25, -0.2) is 0 Å². The van der Waals surface area contributed by atoms with Gasteiger partial charge in [0.1, 0.15) is 0 Å². The van der Waals surface area contributed by atoms with Crippen molar-refractivity contribution in [3.8, 4) is 0 Å². The van der Waals surface area contributed by atoms with Gasteiger partial charge in [0.25, 0.3) is 0 Å². The van der Waals surface area contributed by atoms with E-state index in [2.05, 4.69) is 39.1 Å². The molecule has 2 nitrogen and oxygen atoms in total. The molecule has 0 spiro atoms. The highest BCUT2D eigenvalue weighted by Gasteiger charge is 2.07. The Labute approximate surface area is 92.9 Å². The van der Waals surface area contributed by atoms with E-state index in [9.17, 15) is 0 Å². The summed E-state index contributed by atoms with van der Waals surface area (Å²) in [5.74, 6) is 0. The summed E-state index contributed by atoms with van der Waals surface area (Å²) in [6, 6.07) is 2.27. The van der Waals surface area contributed by atoms with Crippen LogP contribution in [0.25, 0.3) is 0 Å². The first-order chi connectivity index (χ1) is 7.07. The molecule has 0 fully saturated rings. The molecule has 0 bridgehead atoms. The van der Waals surface area contributed by atoms with Crippen LogP contribution in [0.5, 0.6) is 0 Å². The van der Waals surface area contributed by atoms with Gasteiger partial charge in [0.05, 0.1) is 0 Å². The molecular weight excluding hydrogens is 184 g/mol. The summed E-state index contributed by atoms with van der Waals surface area (Å²) in [4.78, 5) is 0. The smallest absolute Gasteiger partial charge is 0.0428 e. The van der Waals surface area contributed by atoms with E-state index in [4.69, 9.17) is 5.73 Å². The Morgan fingerprint density at radius 1 is 1.07 bits per heavy atom. The van der Waals surface area contributed by atoms with Crippen LogP contribution in [0.1, 0.15) is 27.8 Å². The summed E-state index contributed by atoms with van der Waals surface area (Å²) in [5, 5.41) is 3.17. The summed E-state index contributed by atoms with van der Waals surface area (Å²) in [6.07, 6.45) is 1.07. The third-order valence-corrected chi connectivity index (χ3v) is 3.22. The normalized spacial score (nSPS) is 10.7. The van der Waals surface area contributed by atoms with Crippen LogP contribution < -0.4 is 11.1 Å². The molecule has 0 aromatic heterocycles. The van der Waals surface area contributed by atoms with Crippen LogP contribution in [0.4, 0.5) is 0 Å². The van der Waals surface area contributed by atoms with E-state index in [1.54, 1.807) is 0 Å². The molecule has 0 aliphatic carbocycles. The molecule has 1 rings (SSSR count). The van der Waals surface area contributed by atoms with Crippen molar-refractivity contribution < 1.29 is 0 Å². The largest absolute Gasteiger partial charge is 0.318 e. The van der Waals surface area contributed by atoms with Gasteiger partial charge in [0.15, 0.2) is 0 Å². The van der Waals surface area contributed by atoms with Crippen molar-refractivity contribution in [1.82, 2.24) is 5.32 Å². The Morgan fingerprint density at radius 2 is 1.60 bits per heavy atom. The number of aryl methyl sites for hydroxylation is 2. The van der Waals surface area contributed by atoms with E-state index < -0.39 is 0 Å². The number of nitrogens with one attached hydrogen (secondary N) is 1. The first-order valence-electron chi connectivity index (χ1n) is 5.55. The van der Waals surface area contributed by atoms with Crippen molar-refractivity contribution >= 4 is 0 Å². The zero-order chi connectivity index (χ0) is 11.4. The molecule has 0 atom stereocenters. The number of hydrogen-bond donors (Lipinski definition) is 2. The quantitative estimate of drug-likeness (QED) is 0.584. The molecule has 15 heavy (non-hydrogen) atoms. The maximum atomic E-state index is 5.42. The second-order valence-corrected chi connectivity index (χ2v) is 4.19. The minimum atomic E-state index is 0.558. The fourth-order valence-electron chi connectivity index (χ4n) is 1.99. The fourth-order valence-corrected chi connectivity index (χ4v) is 1.99. The van der Waals surface area contributed by atoms with E-state index in [-0.39, 0.29) is 0 Å². The molecular formula is C13H22N2. The minimum Gasteiger partial charge on any atom is -0.318 e. The van der Waals surface area contributed by atoms with Gasteiger partial charge in [0, 0.05) is 13.2 Å². The van der Waals surface area contributed by atoms with E-state index >= 15 is 0 Å². The lowest BCUT2D eigenvalue weighted by molar-refractivity contribution is 0.697. The maximum Gasteiger partial charge on any atom is 0.0428 e. The van der Waals surface area contributed by atoms with Crippen molar-refractivity contribution in [2.45, 2.75) is 34.1 Å². The van der Waals surface area contributed by atoms with Crippen molar-refractivity contribution in [1.29, 1.82) is 0 Å². The van der Waals surface area contributed by atoms with Crippen molar-refractivity contribution in [3.63, 3.8) is 0 Å². The predicted molar refractivity (Wildman–Crippen MR) is 66.2 cm³/mol. The summed E-state index contributed by atoms with van der Waals surface area (Å²) < 4.78 is 0. The number of hydrogen-bond acceptors (Lipinski definition) is 2. The van der Waals surface area contributed by atoms with Crippen LogP contribution in [-0.4, -0.2) is 13.2 Å². The fraction of sp³-hybridized carbons (Fsp3) is 0.538. The zero-order valence-corrected chi connectivity index (χ0v) is 10.3. The third kappa shape index (κ3) is 2.80. The second-order valence-electron chi connectivity index (χ2n) is 4.19. The van der Waals surface area contributed by atoms with E-state index in [1.807, 2.05) is 0 Å². The van der Waals surface area contributed by atoms with Crippen LogP contribution >= 0.6 is 0 Å². The standard InChI is InChI=1S/C13H22N2/c1-9-7-10(2)12(4)13(11(9)3)5-6-15-8-14/h7,15H,5-6,8,14H2,1-4H3. The Bertz CT molecular complexity index is 317. The lowest BCUT2D eigenvalue weighted by Crippen LogP contribution is -2.25. The Kier molecular flexibility index (Phi) is 4.30. The van der Waals surface area contributed by atoms with Crippen LogP contribution in [0.15, 0.2) is 6.07 Å². The summed E-state index contributed by atoms with van der Waals surface area (Å²) in [7, 11) is 0. The van der Waals surface area contributed by atoms with Gasteiger partial charge in [-0.1, -0.05) is 6.07 Å². The molecule has 84 valence electrons. The highest BCUT2D eigenvalue weighted by atomic mass is 14.9. The molecule has 0 saturated carbocycles. The van der Waals surface area contributed by atoms with Crippen molar-refractivity contribution in [2.75, 3.05) is 13.2 Å². The van der Waals surface area contributed by atoms with E-state index in [0.29, 0.717) is 6.67 Å². The van der Waals surface area contributed by atoms with Gasteiger partial charge in [-0.2, -0.15) is 0 Å². The van der Waals surface area contributed by atoms with Crippen molar-refractivity contribution in [2.24, 2.45) is 5.73 Å². The lowest BCUT2D eigenvalue weighted by Gasteiger charge is -2.15. The van der Waals surface area contributed by atoms with Crippen molar-refractivity contribution in [3.05, 3.63) is 33.9 Å². The molecule has 2 heteroatoms. The molecule has 0 heterocycles. The average molecular weight is 206 g/mol. The highest BCUT2D eigenvalue weighted by Crippen LogP contribution is 2.21. The van der Waals surface area contributed by atoms with Gasteiger partial charge >= 0.3 is 0 Å². The SMILES string of the molecule is Cc1cc(C)c(C)c(CCNCN)c1C. The summed E-state index contributed by atoms with van der Waals surface area (Å²) in [6.45, 7) is 10.3. The average Bonchev–Trinajstić information content (AvgIpc) is 2.20. The molecule has 3 N–H and O–H groups in total. The molecule has 0 saturated heterocycles. The van der Waals surface area contributed by atoms with Crippen LogP contribution in [-0.2, 0) is 6.42 Å². The maximum absolute atomic E-state index is 5.42. The summed E-state index contributed by atoms with van der Waals surface area (Å²) >= 11 is 0. The molecule has 0 amide bonds. The number of benzene rings is 1. The monoisotopic (exact) mass is 206 g/mol. The van der Waals surface area contributed by atoms with E-state index in [0.717, 1.165) is 13.0 Å². The molecule has 0 radical (unpaired) electrons. The third-order valence-electron chi connectivity index (χ3n) is 3.22. The minimum absolute atomic E-state index is 0.558. The van der Waals surface area contributed by atoms with Gasteiger partial charge < -0.3 is 11.1 Å².